The van der Waals surface area contributed by atoms with Gasteiger partial charge in [0.25, 0.3) is 5.91 Å². The van der Waals surface area contributed by atoms with Crippen molar-refractivity contribution in [1.82, 2.24) is 9.97 Å². The molecule has 3 rings (SSSR count). The number of hydrogen-bond acceptors (Lipinski definition) is 4. The van der Waals surface area contributed by atoms with Gasteiger partial charge < -0.3 is 10.2 Å². The second-order valence-electron chi connectivity index (χ2n) is 6.09. The molecule has 7 heteroatoms. The monoisotopic (exact) mass is 346 g/mol. The molecule has 1 aromatic heterocycles. The van der Waals surface area contributed by atoms with E-state index in [-0.39, 0.29) is 11.4 Å². The Labute approximate surface area is 145 Å². The molecule has 1 atom stereocenters. The molecule has 2 aromatic rings. The summed E-state index contributed by atoms with van der Waals surface area (Å²) in [6, 6.07) is 5.01. The van der Waals surface area contributed by atoms with E-state index in [0.29, 0.717) is 11.9 Å². The van der Waals surface area contributed by atoms with Gasteiger partial charge in [0.05, 0.1) is 5.69 Å². The summed E-state index contributed by atoms with van der Waals surface area (Å²) in [5.41, 5.74) is 0.0603. The van der Waals surface area contributed by atoms with Gasteiger partial charge in [0.2, 0.25) is 0 Å². The summed E-state index contributed by atoms with van der Waals surface area (Å²) in [5.74, 6) is -1.38. The molecule has 1 N–H and O–H groups in total. The molecule has 1 aliphatic heterocycles. The van der Waals surface area contributed by atoms with Crippen LogP contribution >= 0.6 is 0 Å². The molecule has 0 radical (unpaired) electrons. The van der Waals surface area contributed by atoms with Gasteiger partial charge >= 0.3 is 0 Å². The second-order valence-corrected chi connectivity index (χ2v) is 6.09. The molecule has 0 saturated carbocycles. The van der Waals surface area contributed by atoms with Crippen LogP contribution in [0.4, 0.5) is 20.3 Å². The Bertz CT molecular complexity index is 768. The third kappa shape index (κ3) is 3.92. The third-order valence-electron chi connectivity index (χ3n) is 4.46. The number of halogens is 2. The number of carbonyl (C=O) groups is 1. The molecule has 1 saturated heterocycles. The Balaban J connectivity index is 1.79. The number of nitrogens with zero attached hydrogens (tertiary/aromatic N) is 3. The summed E-state index contributed by atoms with van der Waals surface area (Å²) < 4.78 is 26.7. The number of hydrogen-bond donors (Lipinski definition) is 1. The van der Waals surface area contributed by atoms with Crippen LogP contribution < -0.4 is 10.2 Å². The standard InChI is InChI=1S/C18H20F2N4O/c1-2-13-5-3-4-8-24(13)17-10-16(21-11-22-17)18(25)23-15-7-6-12(19)9-14(15)20/h6-7,9-11,13H,2-5,8H2,1H3,(H,23,25). The van der Waals surface area contributed by atoms with Crippen molar-refractivity contribution in [2.75, 3.05) is 16.8 Å². The Hall–Kier alpha value is -2.57. The van der Waals surface area contributed by atoms with Crippen molar-refractivity contribution in [1.29, 1.82) is 0 Å². The number of rotatable bonds is 4. The van der Waals surface area contributed by atoms with Crippen LogP contribution in [0.1, 0.15) is 43.1 Å². The Morgan fingerprint density at radius 3 is 2.88 bits per heavy atom. The van der Waals surface area contributed by atoms with Crippen molar-refractivity contribution in [3.63, 3.8) is 0 Å². The number of benzene rings is 1. The predicted octanol–water partition coefficient (Wildman–Crippen LogP) is 3.78. The van der Waals surface area contributed by atoms with E-state index in [9.17, 15) is 13.6 Å². The second kappa shape index (κ2) is 7.55. The van der Waals surface area contributed by atoms with Gasteiger partial charge in [0.1, 0.15) is 29.5 Å². The molecule has 1 amide bonds. The molecule has 0 spiro atoms. The average molecular weight is 346 g/mol. The van der Waals surface area contributed by atoms with Gasteiger partial charge in [-0.05, 0) is 37.8 Å². The normalized spacial score (nSPS) is 17.4. The van der Waals surface area contributed by atoms with Gasteiger partial charge in [-0.3, -0.25) is 4.79 Å². The molecule has 2 heterocycles. The van der Waals surface area contributed by atoms with Crippen LogP contribution in [-0.2, 0) is 0 Å². The molecule has 1 aliphatic rings. The van der Waals surface area contributed by atoms with E-state index in [0.717, 1.165) is 37.9 Å². The van der Waals surface area contributed by atoms with Gasteiger partial charge in [0, 0.05) is 24.7 Å². The van der Waals surface area contributed by atoms with Crippen LogP contribution in [0.3, 0.4) is 0 Å². The quantitative estimate of drug-likeness (QED) is 0.915. The average Bonchev–Trinajstić information content (AvgIpc) is 2.64. The third-order valence-corrected chi connectivity index (χ3v) is 4.46. The van der Waals surface area contributed by atoms with Crippen molar-refractivity contribution in [2.24, 2.45) is 0 Å². The first-order valence-corrected chi connectivity index (χ1v) is 8.43. The number of nitrogens with one attached hydrogen (secondary N) is 1. The van der Waals surface area contributed by atoms with E-state index in [1.54, 1.807) is 6.07 Å². The number of anilines is 2. The molecule has 0 aliphatic carbocycles. The first kappa shape index (κ1) is 17.3. The van der Waals surface area contributed by atoms with E-state index in [4.69, 9.17) is 0 Å². The van der Waals surface area contributed by atoms with Gasteiger partial charge in [-0.15, -0.1) is 0 Å². The lowest BCUT2D eigenvalue weighted by Crippen LogP contribution is -2.39. The molecule has 5 nitrogen and oxygen atoms in total. The molecule has 1 aromatic carbocycles. The fourth-order valence-corrected chi connectivity index (χ4v) is 3.13. The summed E-state index contributed by atoms with van der Waals surface area (Å²) in [6.07, 6.45) is 5.72. The topological polar surface area (TPSA) is 58.1 Å². The smallest absolute Gasteiger partial charge is 0.274 e. The minimum Gasteiger partial charge on any atom is -0.354 e. The number of amides is 1. The molecule has 132 valence electrons. The van der Waals surface area contributed by atoms with Crippen molar-refractivity contribution >= 4 is 17.4 Å². The van der Waals surface area contributed by atoms with Crippen LogP contribution in [-0.4, -0.2) is 28.5 Å². The first-order valence-electron chi connectivity index (χ1n) is 8.43. The lowest BCUT2D eigenvalue weighted by Gasteiger charge is -2.36. The summed E-state index contributed by atoms with van der Waals surface area (Å²) in [4.78, 5) is 22.8. The maximum atomic E-state index is 13.7. The first-order chi connectivity index (χ1) is 12.1. The highest BCUT2D eigenvalue weighted by Gasteiger charge is 2.23. The van der Waals surface area contributed by atoms with Crippen LogP contribution in [0, 0.1) is 11.6 Å². The molecule has 25 heavy (non-hydrogen) atoms. The maximum absolute atomic E-state index is 13.7. The summed E-state index contributed by atoms with van der Waals surface area (Å²) in [7, 11) is 0. The minimum absolute atomic E-state index is 0.0871. The highest BCUT2D eigenvalue weighted by Crippen LogP contribution is 2.25. The van der Waals surface area contributed by atoms with Crippen molar-refractivity contribution in [3.8, 4) is 0 Å². The predicted molar refractivity (Wildman–Crippen MR) is 91.6 cm³/mol. The van der Waals surface area contributed by atoms with Gasteiger partial charge in [-0.2, -0.15) is 0 Å². The van der Waals surface area contributed by atoms with E-state index in [1.165, 1.54) is 18.8 Å². The number of piperidine rings is 1. The Morgan fingerprint density at radius 1 is 1.28 bits per heavy atom. The van der Waals surface area contributed by atoms with Crippen LogP contribution in [0.25, 0.3) is 0 Å². The summed E-state index contributed by atoms with van der Waals surface area (Å²) in [6.45, 7) is 3.03. The molecule has 1 fully saturated rings. The zero-order chi connectivity index (χ0) is 17.8. The fraction of sp³-hybridized carbons (Fsp3) is 0.389. The summed E-state index contributed by atoms with van der Waals surface area (Å²) >= 11 is 0. The van der Waals surface area contributed by atoms with E-state index >= 15 is 0 Å². The van der Waals surface area contributed by atoms with E-state index < -0.39 is 17.5 Å². The highest BCUT2D eigenvalue weighted by atomic mass is 19.1. The van der Waals surface area contributed by atoms with Gasteiger partial charge in [-0.1, -0.05) is 6.92 Å². The van der Waals surface area contributed by atoms with Gasteiger partial charge in [0.15, 0.2) is 0 Å². The lowest BCUT2D eigenvalue weighted by atomic mass is 10.00. The zero-order valence-electron chi connectivity index (χ0n) is 14.0. The Kier molecular flexibility index (Phi) is 5.21. The number of aromatic nitrogens is 2. The molecular formula is C18H20F2N4O. The fourth-order valence-electron chi connectivity index (χ4n) is 3.13. The molecular weight excluding hydrogens is 326 g/mol. The van der Waals surface area contributed by atoms with E-state index in [2.05, 4.69) is 27.1 Å². The van der Waals surface area contributed by atoms with Gasteiger partial charge in [-0.25, -0.2) is 18.7 Å². The lowest BCUT2D eigenvalue weighted by molar-refractivity contribution is 0.102. The number of carbonyl (C=O) groups excluding carboxylic acids is 1. The minimum atomic E-state index is -0.829. The largest absolute Gasteiger partial charge is 0.354 e. The zero-order valence-corrected chi connectivity index (χ0v) is 14.0. The van der Waals surface area contributed by atoms with Crippen LogP contribution in [0.15, 0.2) is 30.6 Å². The van der Waals surface area contributed by atoms with Crippen molar-refractivity contribution < 1.29 is 13.6 Å². The Morgan fingerprint density at radius 2 is 2.12 bits per heavy atom. The molecule has 1 unspecified atom stereocenters. The van der Waals surface area contributed by atoms with Crippen molar-refractivity contribution in [2.45, 2.75) is 38.6 Å². The summed E-state index contributed by atoms with van der Waals surface area (Å²) in [5, 5.41) is 2.42. The maximum Gasteiger partial charge on any atom is 0.274 e. The highest BCUT2D eigenvalue weighted by molar-refractivity contribution is 6.03. The van der Waals surface area contributed by atoms with E-state index in [1.807, 2.05) is 0 Å². The van der Waals surface area contributed by atoms with Crippen LogP contribution in [0.5, 0.6) is 0 Å². The van der Waals surface area contributed by atoms with Crippen LogP contribution in [0.2, 0.25) is 0 Å². The SMILES string of the molecule is CCC1CCCCN1c1cc(C(=O)Nc2ccc(F)cc2F)ncn1. The van der Waals surface area contributed by atoms with Crippen molar-refractivity contribution in [3.05, 3.63) is 47.9 Å². The molecule has 0 bridgehead atoms.